The van der Waals surface area contributed by atoms with Crippen LogP contribution in [0, 0.1) is 6.92 Å². The second kappa shape index (κ2) is 7.80. The fourth-order valence-corrected chi connectivity index (χ4v) is 4.00. The number of aryl methyl sites for hydroxylation is 2. The van der Waals surface area contributed by atoms with Crippen molar-refractivity contribution in [3.05, 3.63) is 58.1 Å². The molecule has 0 unspecified atom stereocenters. The van der Waals surface area contributed by atoms with Crippen LogP contribution in [0.2, 0.25) is 5.02 Å². The summed E-state index contributed by atoms with van der Waals surface area (Å²) >= 11 is 6.33. The van der Waals surface area contributed by atoms with Crippen molar-refractivity contribution in [2.24, 2.45) is 0 Å². The molecular formula is C21H22ClN3O3. The Balaban J connectivity index is 1.67. The van der Waals surface area contributed by atoms with Gasteiger partial charge in [-0.3, -0.25) is 4.79 Å². The van der Waals surface area contributed by atoms with Crippen LogP contribution in [0.3, 0.4) is 0 Å². The van der Waals surface area contributed by atoms with Crippen LogP contribution in [0.4, 0.5) is 0 Å². The van der Waals surface area contributed by atoms with Gasteiger partial charge in [-0.05, 0) is 32.3 Å². The Morgan fingerprint density at radius 1 is 1.29 bits per heavy atom. The quantitative estimate of drug-likeness (QED) is 0.588. The van der Waals surface area contributed by atoms with Gasteiger partial charge >= 0.3 is 0 Å². The lowest BCUT2D eigenvalue weighted by Crippen LogP contribution is -2.31. The molecule has 0 N–H and O–H groups in total. The van der Waals surface area contributed by atoms with E-state index in [0.29, 0.717) is 34.1 Å². The van der Waals surface area contributed by atoms with E-state index in [1.807, 2.05) is 29.2 Å². The number of benzene rings is 1. The van der Waals surface area contributed by atoms with E-state index in [-0.39, 0.29) is 11.9 Å². The number of aromatic nitrogens is 2. The van der Waals surface area contributed by atoms with Gasteiger partial charge in [0.05, 0.1) is 11.1 Å². The van der Waals surface area contributed by atoms with Gasteiger partial charge in [0, 0.05) is 24.6 Å². The summed E-state index contributed by atoms with van der Waals surface area (Å²) in [5.74, 6) is 1.23. The molecule has 0 saturated carbocycles. The maximum Gasteiger partial charge on any atom is 0.260 e. The predicted octanol–water partition coefficient (Wildman–Crippen LogP) is 5.22. The minimum Gasteiger partial charge on any atom is -0.361 e. The van der Waals surface area contributed by atoms with E-state index in [4.69, 9.17) is 20.6 Å². The third kappa shape index (κ3) is 3.33. The maximum atomic E-state index is 13.5. The minimum absolute atomic E-state index is 0.102. The van der Waals surface area contributed by atoms with Crippen LogP contribution in [0.25, 0.3) is 11.3 Å². The molecule has 3 heterocycles. The van der Waals surface area contributed by atoms with Crippen molar-refractivity contribution in [2.75, 3.05) is 6.54 Å². The minimum atomic E-state index is -0.115. The molecule has 2 aromatic heterocycles. The van der Waals surface area contributed by atoms with Gasteiger partial charge in [-0.25, -0.2) is 0 Å². The first-order valence-electron chi connectivity index (χ1n) is 9.57. The van der Waals surface area contributed by atoms with Crippen molar-refractivity contribution >= 4 is 17.5 Å². The van der Waals surface area contributed by atoms with Crippen molar-refractivity contribution in [1.82, 2.24) is 15.2 Å². The normalized spacial score (nSPS) is 16.7. The Morgan fingerprint density at radius 3 is 2.89 bits per heavy atom. The van der Waals surface area contributed by atoms with Gasteiger partial charge in [0.15, 0.2) is 0 Å². The largest absolute Gasteiger partial charge is 0.361 e. The van der Waals surface area contributed by atoms with Crippen LogP contribution in [0.15, 0.2) is 39.4 Å². The fraction of sp³-hybridized carbons (Fsp3) is 0.381. The summed E-state index contributed by atoms with van der Waals surface area (Å²) in [5, 5.41) is 8.87. The number of carbonyl (C=O) groups is 1. The molecule has 1 aliphatic heterocycles. The lowest BCUT2D eigenvalue weighted by molar-refractivity contribution is 0.0729. The van der Waals surface area contributed by atoms with E-state index in [2.05, 4.69) is 17.2 Å². The van der Waals surface area contributed by atoms with E-state index < -0.39 is 0 Å². The molecule has 7 heteroatoms. The van der Waals surface area contributed by atoms with Crippen molar-refractivity contribution in [3.8, 4) is 11.3 Å². The van der Waals surface area contributed by atoms with Crippen molar-refractivity contribution in [1.29, 1.82) is 0 Å². The summed E-state index contributed by atoms with van der Waals surface area (Å²) in [6.07, 6.45) is 3.60. The molecule has 1 fully saturated rings. The molecule has 1 saturated heterocycles. The number of rotatable bonds is 5. The van der Waals surface area contributed by atoms with Gasteiger partial charge in [0.25, 0.3) is 5.91 Å². The topological polar surface area (TPSA) is 72.4 Å². The SMILES string of the molecule is CCCc1cc([C@H]2CCCN2C(=O)c2c(-c3ccccc3Cl)noc2C)no1. The van der Waals surface area contributed by atoms with Crippen LogP contribution in [-0.2, 0) is 6.42 Å². The Labute approximate surface area is 168 Å². The van der Waals surface area contributed by atoms with Crippen molar-refractivity contribution < 1.29 is 13.8 Å². The zero-order valence-corrected chi connectivity index (χ0v) is 16.7. The van der Waals surface area contributed by atoms with E-state index in [9.17, 15) is 4.79 Å². The fourth-order valence-electron chi connectivity index (χ4n) is 3.77. The predicted molar refractivity (Wildman–Crippen MR) is 105 cm³/mol. The number of halogens is 1. The molecule has 0 bridgehead atoms. The summed E-state index contributed by atoms with van der Waals surface area (Å²) in [5.41, 5.74) is 2.43. The first-order valence-corrected chi connectivity index (χ1v) is 9.95. The average Bonchev–Trinajstić information content (AvgIpc) is 3.41. The standard InChI is InChI=1S/C21H22ClN3O3/c1-3-7-14-12-17(23-28-14)18-10-6-11-25(18)21(26)19-13(2)27-24-20(19)15-8-4-5-9-16(15)22/h4-5,8-9,12,18H,3,6-7,10-11H2,1-2H3/t18-/m1/s1. The van der Waals surface area contributed by atoms with Crippen LogP contribution in [0.1, 0.15) is 59.8 Å². The summed E-state index contributed by atoms with van der Waals surface area (Å²) in [4.78, 5) is 15.3. The Kier molecular flexibility index (Phi) is 5.22. The highest BCUT2D eigenvalue weighted by molar-refractivity contribution is 6.33. The second-order valence-corrected chi connectivity index (χ2v) is 7.47. The number of hydrogen-bond acceptors (Lipinski definition) is 5. The van der Waals surface area contributed by atoms with Gasteiger partial charge in [-0.15, -0.1) is 0 Å². The number of likely N-dealkylation sites (tertiary alicyclic amines) is 1. The number of amides is 1. The molecule has 0 aliphatic carbocycles. The molecule has 3 aromatic rings. The highest BCUT2D eigenvalue weighted by Crippen LogP contribution is 2.37. The molecule has 1 amide bonds. The molecule has 6 nitrogen and oxygen atoms in total. The summed E-state index contributed by atoms with van der Waals surface area (Å²) in [7, 11) is 0. The smallest absolute Gasteiger partial charge is 0.260 e. The van der Waals surface area contributed by atoms with E-state index in [1.54, 1.807) is 13.0 Å². The van der Waals surface area contributed by atoms with Gasteiger partial charge in [0.1, 0.15) is 28.5 Å². The molecule has 28 heavy (non-hydrogen) atoms. The third-order valence-corrected chi connectivity index (χ3v) is 5.46. The molecule has 1 aliphatic rings. The highest BCUT2D eigenvalue weighted by Gasteiger charge is 2.36. The number of nitrogens with zero attached hydrogens (tertiary/aromatic N) is 3. The number of carbonyl (C=O) groups excluding carboxylic acids is 1. The molecule has 0 spiro atoms. The molecular weight excluding hydrogens is 378 g/mol. The van der Waals surface area contributed by atoms with Crippen LogP contribution < -0.4 is 0 Å². The average molecular weight is 400 g/mol. The summed E-state index contributed by atoms with van der Waals surface area (Å²) < 4.78 is 10.8. The molecule has 1 aromatic carbocycles. The Hall–Kier alpha value is -2.60. The lowest BCUT2D eigenvalue weighted by atomic mass is 10.0. The van der Waals surface area contributed by atoms with Crippen molar-refractivity contribution in [2.45, 2.75) is 45.6 Å². The van der Waals surface area contributed by atoms with Gasteiger partial charge in [-0.2, -0.15) is 0 Å². The van der Waals surface area contributed by atoms with Crippen LogP contribution in [-0.4, -0.2) is 27.7 Å². The Morgan fingerprint density at radius 2 is 2.11 bits per heavy atom. The molecule has 1 atom stereocenters. The number of hydrogen-bond donors (Lipinski definition) is 0. The lowest BCUT2D eigenvalue weighted by Gasteiger charge is -2.23. The molecule has 4 rings (SSSR count). The van der Waals surface area contributed by atoms with Gasteiger partial charge < -0.3 is 13.9 Å². The first kappa shape index (κ1) is 18.7. The summed E-state index contributed by atoms with van der Waals surface area (Å²) in [6.45, 7) is 4.51. The zero-order chi connectivity index (χ0) is 19.7. The van der Waals surface area contributed by atoms with Crippen LogP contribution >= 0.6 is 11.6 Å². The van der Waals surface area contributed by atoms with E-state index in [0.717, 1.165) is 37.1 Å². The molecule has 146 valence electrons. The van der Waals surface area contributed by atoms with Gasteiger partial charge in [-0.1, -0.05) is 47.0 Å². The molecule has 0 radical (unpaired) electrons. The second-order valence-electron chi connectivity index (χ2n) is 7.07. The van der Waals surface area contributed by atoms with Crippen molar-refractivity contribution in [3.63, 3.8) is 0 Å². The monoisotopic (exact) mass is 399 g/mol. The zero-order valence-electron chi connectivity index (χ0n) is 15.9. The summed E-state index contributed by atoms with van der Waals surface area (Å²) in [6, 6.07) is 9.19. The van der Waals surface area contributed by atoms with E-state index >= 15 is 0 Å². The maximum absolute atomic E-state index is 13.5. The van der Waals surface area contributed by atoms with E-state index in [1.165, 1.54) is 0 Å². The first-order chi connectivity index (χ1) is 13.6. The Bertz CT molecular complexity index is 994. The third-order valence-electron chi connectivity index (χ3n) is 5.13. The van der Waals surface area contributed by atoms with Crippen LogP contribution in [0.5, 0.6) is 0 Å². The van der Waals surface area contributed by atoms with Gasteiger partial charge in [0.2, 0.25) is 0 Å². The highest BCUT2D eigenvalue weighted by atomic mass is 35.5.